The molecule has 1 heterocycles. The number of halogens is 1. The van der Waals surface area contributed by atoms with E-state index in [9.17, 15) is 9.59 Å². The maximum atomic E-state index is 11.9. The summed E-state index contributed by atoms with van der Waals surface area (Å²) in [6, 6.07) is 6.98. The zero-order chi connectivity index (χ0) is 13.8. The standard InChI is InChI=1S/C13H14BrNO4/c14-9-3-1-8(2-4-9)5-12(16)15-11-7-19-6-10(11)13(17)18/h1-4,10-11H,5-7H2,(H,15,16)(H,17,18). The predicted octanol–water partition coefficient (Wildman–Crippen LogP) is 1.21. The van der Waals surface area contributed by atoms with Crippen molar-refractivity contribution in [3.05, 3.63) is 34.3 Å². The third-order valence-electron chi connectivity index (χ3n) is 3.02. The zero-order valence-electron chi connectivity index (χ0n) is 10.1. The quantitative estimate of drug-likeness (QED) is 0.871. The molecular formula is C13H14BrNO4. The van der Waals surface area contributed by atoms with Crippen LogP contribution in [0.3, 0.4) is 0 Å². The second kappa shape index (κ2) is 6.16. The van der Waals surface area contributed by atoms with Crippen LogP contribution in [0.25, 0.3) is 0 Å². The van der Waals surface area contributed by atoms with Crippen LogP contribution in [0.4, 0.5) is 0 Å². The van der Waals surface area contributed by atoms with Gasteiger partial charge in [0.15, 0.2) is 0 Å². The molecule has 0 bridgehead atoms. The van der Waals surface area contributed by atoms with Gasteiger partial charge in [0.2, 0.25) is 5.91 Å². The summed E-state index contributed by atoms with van der Waals surface area (Å²) in [7, 11) is 0. The molecule has 0 saturated carbocycles. The minimum absolute atomic E-state index is 0.151. The van der Waals surface area contributed by atoms with E-state index in [2.05, 4.69) is 21.2 Å². The van der Waals surface area contributed by atoms with Crippen LogP contribution in [0, 0.1) is 5.92 Å². The molecule has 0 aliphatic carbocycles. The van der Waals surface area contributed by atoms with E-state index in [1.807, 2.05) is 24.3 Å². The number of rotatable bonds is 4. The normalized spacial score (nSPS) is 22.2. The Morgan fingerprint density at radius 2 is 2.00 bits per heavy atom. The van der Waals surface area contributed by atoms with Gasteiger partial charge in [-0.1, -0.05) is 28.1 Å². The number of carboxylic acid groups (broad SMARTS) is 1. The summed E-state index contributed by atoms with van der Waals surface area (Å²) >= 11 is 3.32. The molecule has 6 heteroatoms. The Labute approximate surface area is 119 Å². The summed E-state index contributed by atoms with van der Waals surface area (Å²) in [5.41, 5.74) is 0.881. The Bertz CT molecular complexity index is 474. The van der Waals surface area contributed by atoms with Crippen molar-refractivity contribution < 1.29 is 19.4 Å². The summed E-state index contributed by atoms with van der Waals surface area (Å²) in [5, 5.41) is 11.7. The van der Waals surface area contributed by atoms with E-state index in [0.29, 0.717) is 0 Å². The van der Waals surface area contributed by atoms with E-state index in [0.717, 1.165) is 10.0 Å². The van der Waals surface area contributed by atoms with Gasteiger partial charge in [-0.3, -0.25) is 9.59 Å². The number of ether oxygens (including phenoxy) is 1. The van der Waals surface area contributed by atoms with Crippen molar-refractivity contribution in [3.8, 4) is 0 Å². The van der Waals surface area contributed by atoms with E-state index in [1.54, 1.807) is 0 Å². The minimum atomic E-state index is -0.938. The van der Waals surface area contributed by atoms with Gasteiger partial charge >= 0.3 is 5.97 Å². The molecule has 2 N–H and O–H groups in total. The molecule has 0 radical (unpaired) electrons. The molecule has 2 rings (SSSR count). The Kier molecular flexibility index (Phi) is 4.55. The third kappa shape index (κ3) is 3.78. The number of amides is 1. The number of hydrogen-bond donors (Lipinski definition) is 2. The lowest BCUT2D eigenvalue weighted by molar-refractivity contribution is -0.142. The highest BCUT2D eigenvalue weighted by atomic mass is 79.9. The van der Waals surface area contributed by atoms with Crippen LogP contribution in [-0.2, 0) is 20.7 Å². The number of benzene rings is 1. The summed E-state index contributed by atoms with van der Waals surface area (Å²) in [6.45, 7) is 0.404. The SMILES string of the molecule is O=C(Cc1ccc(Br)cc1)NC1COCC1C(=O)O. The topological polar surface area (TPSA) is 75.6 Å². The molecule has 5 nitrogen and oxygen atoms in total. The predicted molar refractivity (Wildman–Crippen MR) is 71.7 cm³/mol. The molecule has 1 aromatic carbocycles. The lowest BCUT2D eigenvalue weighted by Crippen LogP contribution is -2.43. The van der Waals surface area contributed by atoms with Gasteiger partial charge in [-0.25, -0.2) is 0 Å². The van der Waals surface area contributed by atoms with E-state index in [4.69, 9.17) is 9.84 Å². The van der Waals surface area contributed by atoms with E-state index in [-0.39, 0.29) is 25.5 Å². The van der Waals surface area contributed by atoms with Crippen LogP contribution in [0.2, 0.25) is 0 Å². The van der Waals surface area contributed by atoms with Crippen molar-refractivity contribution in [1.82, 2.24) is 5.32 Å². The third-order valence-corrected chi connectivity index (χ3v) is 3.55. The van der Waals surface area contributed by atoms with Crippen LogP contribution in [0.5, 0.6) is 0 Å². The van der Waals surface area contributed by atoms with E-state index >= 15 is 0 Å². The van der Waals surface area contributed by atoms with Crippen molar-refractivity contribution in [1.29, 1.82) is 0 Å². The summed E-state index contributed by atoms with van der Waals surface area (Å²) in [5.74, 6) is -1.79. The highest BCUT2D eigenvalue weighted by Crippen LogP contribution is 2.15. The van der Waals surface area contributed by atoms with Crippen molar-refractivity contribution in [2.45, 2.75) is 12.5 Å². The molecule has 0 aromatic heterocycles. The summed E-state index contributed by atoms with van der Waals surface area (Å²) in [4.78, 5) is 22.8. The molecule has 2 atom stereocenters. The highest BCUT2D eigenvalue weighted by Gasteiger charge is 2.34. The van der Waals surface area contributed by atoms with Gasteiger partial charge in [0.25, 0.3) is 0 Å². The molecular weight excluding hydrogens is 314 g/mol. The largest absolute Gasteiger partial charge is 0.481 e. The fourth-order valence-corrected chi connectivity index (χ4v) is 2.25. The zero-order valence-corrected chi connectivity index (χ0v) is 11.7. The summed E-state index contributed by atoms with van der Waals surface area (Å²) < 4.78 is 6.05. The lowest BCUT2D eigenvalue weighted by atomic mass is 10.0. The number of carboxylic acids is 1. The number of nitrogens with one attached hydrogen (secondary N) is 1. The minimum Gasteiger partial charge on any atom is -0.481 e. The molecule has 1 fully saturated rings. The molecule has 1 aliphatic heterocycles. The van der Waals surface area contributed by atoms with Gasteiger partial charge in [-0.15, -0.1) is 0 Å². The van der Waals surface area contributed by atoms with Crippen LogP contribution < -0.4 is 5.32 Å². The Morgan fingerprint density at radius 1 is 1.32 bits per heavy atom. The second-order valence-electron chi connectivity index (χ2n) is 4.46. The number of hydrogen-bond acceptors (Lipinski definition) is 3. The van der Waals surface area contributed by atoms with Gasteiger partial charge in [0.1, 0.15) is 5.92 Å². The van der Waals surface area contributed by atoms with E-state index in [1.165, 1.54) is 0 Å². The average Bonchev–Trinajstić information content (AvgIpc) is 2.80. The molecule has 102 valence electrons. The first-order valence-corrected chi connectivity index (χ1v) is 6.70. The van der Waals surface area contributed by atoms with Crippen molar-refractivity contribution in [2.75, 3.05) is 13.2 Å². The van der Waals surface area contributed by atoms with Crippen LogP contribution in [-0.4, -0.2) is 36.2 Å². The Morgan fingerprint density at radius 3 is 2.63 bits per heavy atom. The maximum absolute atomic E-state index is 11.9. The highest BCUT2D eigenvalue weighted by molar-refractivity contribution is 9.10. The Hall–Kier alpha value is -1.40. The lowest BCUT2D eigenvalue weighted by Gasteiger charge is -2.15. The molecule has 2 unspecified atom stereocenters. The van der Waals surface area contributed by atoms with Gasteiger partial charge in [-0.2, -0.15) is 0 Å². The fraction of sp³-hybridized carbons (Fsp3) is 0.385. The maximum Gasteiger partial charge on any atom is 0.311 e. The summed E-state index contributed by atoms with van der Waals surface area (Å²) in [6.07, 6.45) is 0.232. The first-order chi connectivity index (χ1) is 9.06. The van der Waals surface area contributed by atoms with Crippen LogP contribution in [0.15, 0.2) is 28.7 Å². The van der Waals surface area contributed by atoms with Gasteiger partial charge in [-0.05, 0) is 17.7 Å². The van der Waals surface area contributed by atoms with Crippen LogP contribution >= 0.6 is 15.9 Å². The average molecular weight is 328 g/mol. The molecule has 0 spiro atoms. The number of carbonyl (C=O) groups excluding carboxylic acids is 1. The molecule has 1 saturated heterocycles. The first kappa shape index (κ1) is 14.0. The van der Waals surface area contributed by atoms with Crippen LogP contribution in [0.1, 0.15) is 5.56 Å². The Balaban J connectivity index is 1.90. The number of aliphatic carboxylic acids is 1. The smallest absolute Gasteiger partial charge is 0.311 e. The van der Waals surface area contributed by atoms with Crippen molar-refractivity contribution in [2.24, 2.45) is 5.92 Å². The van der Waals surface area contributed by atoms with Crippen molar-refractivity contribution >= 4 is 27.8 Å². The molecule has 1 amide bonds. The van der Waals surface area contributed by atoms with Gasteiger partial charge in [0.05, 0.1) is 25.7 Å². The second-order valence-corrected chi connectivity index (χ2v) is 5.38. The fourth-order valence-electron chi connectivity index (χ4n) is 1.99. The molecule has 19 heavy (non-hydrogen) atoms. The molecule has 1 aliphatic rings. The van der Waals surface area contributed by atoms with Crippen molar-refractivity contribution in [3.63, 3.8) is 0 Å². The molecule has 1 aromatic rings. The first-order valence-electron chi connectivity index (χ1n) is 5.90. The van der Waals surface area contributed by atoms with Gasteiger partial charge < -0.3 is 15.2 Å². The van der Waals surface area contributed by atoms with E-state index < -0.39 is 17.9 Å². The van der Waals surface area contributed by atoms with Gasteiger partial charge in [0, 0.05) is 4.47 Å². The monoisotopic (exact) mass is 327 g/mol. The number of carbonyl (C=O) groups is 2.